The largest absolute Gasteiger partial charge is 0.493 e. The number of carboxylic acids is 1. The van der Waals surface area contributed by atoms with E-state index in [9.17, 15) is 18.3 Å². The second-order valence-electron chi connectivity index (χ2n) is 5.70. The maximum absolute atomic E-state index is 13.1. The summed E-state index contributed by atoms with van der Waals surface area (Å²) in [5, 5.41) is 9.40. The van der Waals surface area contributed by atoms with Crippen LogP contribution in [0.5, 0.6) is 11.5 Å². The molecule has 2 rings (SSSR count). The van der Waals surface area contributed by atoms with Crippen molar-refractivity contribution < 1.29 is 27.8 Å². The number of aryl methyl sites for hydroxylation is 1. The molecule has 0 radical (unpaired) electrons. The summed E-state index contributed by atoms with van der Waals surface area (Å²) in [5.41, 5.74) is 1.98. The van der Waals surface area contributed by atoms with Gasteiger partial charge in [0.05, 0.1) is 24.8 Å². The highest BCUT2D eigenvalue weighted by molar-refractivity contribution is 7.92. The average Bonchev–Trinajstić information content (AvgIpc) is 2.61. The minimum Gasteiger partial charge on any atom is -0.493 e. The highest BCUT2D eigenvalue weighted by Crippen LogP contribution is 2.36. The molecule has 8 heteroatoms. The lowest BCUT2D eigenvalue weighted by atomic mass is 10.1. The summed E-state index contributed by atoms with van der Waals surface area (Å²) < 4.78 is 37.5. The third kappa shape index (κ3) is 3.32. The first-order chi connectivity index (χ1) is 12.1. The normalized spacial score (nSPS) is 11.1. The van der Waals surface area contributed by atoms with E-state index >= 15 is 0 Å². The van der Waals surface area contributed by atoms with Crippen LogP contribution in [0.4, 0.5) is 5.69 Å². The summed E-state index contributed by atoms with van der Waals surface area (Å²) in [4.78, 5) is 11.3. The molecule has 0 heterocycles. The summed E-state index contributed by atoms with van der Waals surface area (Å²) in [6, 6.07) is 7.67. The molecular formula is C18H21NO6S. The molecule has 2 aromatic carbocycles. The SMILES string of the molecule is COc1cc(S(=O)(=O)N(C)c2cccc(C)c2C)cc(C(=O)O)c1OC. The van der Waals surface area contributed by atoms with E-state index in [4.69, 9.17) is 9.47 Å². The number of sulfonamides is 1. The Morgan fingerprint density at radius 2 is 1.77 bits per heavy atom. The van der Waals surface area contributed by atoms with Crippen LogP contribution in [-0.4, -0.2) is 40.8 Å². The molecule has 0 spiro atoms. The number of carbonyl (C=O) groups is 1. The first-order valence-corrected chi connectivity index (χ1v) is 9.13. The quantitative estimate of drug-likeness (QED) is 0.830. The predicted octanol–water partition coefficient (Wildman–Crippen LogP) is 2.84. The maximum Gasteiger partial charge on any atom is 0.339 e. The number of ether oxygens (including phenoxy) is 2. The minimum atomic E-state index is -4.01. The van der Waals surface area contributed by atoms with Gasteiger partial charge < -0.3 is 14.6 Å². The number of hydrogen-bond donors (Lipinski definition) is 1. The lowest BCUT2D eigenvalue weighted by Crippen LogP contribution is -2.27. The zero-order chi connectivity index (χ0) is 19.6. The molecule has 2 aromatic rings. The highest BCUT2D eigenvalue weighted by Gasteiger charge is 2.28. The van der Waals surface area contributed by atoms with E-state index in [1.54, 1.807) is 12.1 Å². The van der Waals surface area contributed by atoms with Crippen molar-refractivity contribution in [1.29, 1.82) is 0 Å². The Morgan fingerprint density at radius 1 is 1.12 bits per heavy atom. The molecule has 0 fully saturated rings. The molecule has 0 saturated heterocycles. The standard InChI is InChI=1S/C18H21NO6S/c1-11-7-6-8-15(12(11)2)19(3)26(22,23)13-9-14(18(20)21)17(25-5)16(10-13)24-4/h6-10H,1-5H3,(H,20,21). The Labute approximate surface area is 152 Å². The fourth-order valence-electron chi connectivity index (χ4n) is 2.61. The molecule has 0 amide bonds. The molecule has 1 N–H and O–H groups in total. The summed E-state index contributed by atoms with van der Waals surface area (Å²) >= 11 is 0. The Hall–Kier alpha value is -2.74. The van der Waals surface area contributed by atoms with Gasteiger partial charge in [0.1, 0.15) is 5.56 Å². The number of aromatic carboxylic acids is 1. The summed E-state index contributed by atoms with van der Waals surface area (Å²) in [7, 11) is 0.0206. The van der Waals surface area contributed by atoms with Crippen molar-refractivity contribution in [1.82, 2.24) is 0 Å². The molecule has 0 aliphatic rings. The zero-order valence-electron chi connectivity index (χ0n) is 15.2. The van der Waals surface area contributed by atoms with Crippen molar-refractivity contribution in [3.05, 3.63) is 47.0 Å². The van der Waals surface area contributed by atoms with Gasteiger partial charge in [-0.2, -0.15) is 0 Å². The third-order valence-corrected chi connectivity index (χ3v) is 6.01. The van der Waals surface area contributed by atoms with Crippen LogP contribution in [0, 0.1) is 13.8 Å². The fraction of sp³-hybridized carbons (Fsp3) is 0.278. The van der Waals surface area contributed by atoms with Crippen molar-refractivity contribution in [2.45, 2.75) is 18.7 Å². The number of nitrogens with zero attached hydrogens (tertiary/aromatic N) is 1. The van der Waals surface area contributed by atoms with Crippen LogP contribution < -0.4 is 13.8 Å². The number of carboxylic acid groups (broad SMARTS) is 1. The van der Waals surface area contributed by atoms with E-state index in [1.807, 2.05) is 19.9 Å². The lowest BCUT2D eigenvalue weighted by molar-refractivity contribution is 0.0692. The van der Waals surface area contributed by atoms with Crippen LogP contribution >= 0.6 is 0 Å². The average molecular weight is 379 g/mol. The van der Waals surface area contributed by atoms with Crippen LogP contribution in [0.25, 0.3) is 0 Å². The monoisotopic (exact) mass is 379 g/mol. The van der Waals surface area contributed by atoms with E-state index in [0.717, 1.165) is 21.5 Å². The van der Waals surface area contributed by atoms with E-state index in [2.05, 4.69) is 0 Å². The second-order valence-corrected chi connectivity index (χ2v) is 7.67. The first kappa shape index (κ1) is 19.6. The molecule has 0 aromatic heterocycles. The van der Waals surface area contributed by atoms with Gasteiger partial charge in [0.2, 0.25) is 0 Å². The van der Waals surface area contributed by atoms with Gasteiger partial charge in [0.25, 0.3) is 10.0 Å². The highest BCUT2D eigenvalue weighted by atomic mass is 32.2. The molecule has 26 heavy (non-hydrogen) atoms. The Balaban J connectivity index is 2.67. The topological polar surface area (TPSA) is 93.1 Å². The first-order valence-electron chi connectivity index (χ1n) is 7.69. The van der Waals surface area contributed by atoms with E-state index in [1.165, 1.54) is 27.3 Å². The number of methoxy groups -OCH3 is 2. The predicted molar refractivity (Wildman–Crippen MR) is 98.0 cm³/mol. The van der Waals surface area contributed by atoms with Crippen LogP contribution in [0.3, 0.4) is 0 Å². The number of rotatable bonds is 6. The van der Waals surface area contributed by atoms with Gasteiger partial charge in [-0.3, -0.25) is 4.31 Å². The molecule has 0 unspecified atom stereocenters. The van der Waals surface area contributed by atoms with Gasteiger partial charge in [0, 0.05) is 13.1 Å². The van der Waals surface area contributed by atoms with Gasteiger partial charge >= 0.3 is 5.97 Å². The summed E-state index contributed by atoms with van der Waals surface area (Å²) in [6.07, 6.45) is 0. The van der Waals surface area contributed by atoms with E-state index in [0.29, 0.717) is 5.69 Å². The van der Waals surface area contributed by atoms with Crippen LogP contribution in [0.15, 0.2) is 35.2 Å². The van der Waals surface area contributed by atoms with E-state index < -0.39 is 16.0 Å². The van der Waals surface area contributed by atoms with Crippen molar-refractivity contribution in [2.24, 2.45) is 0 Å². The smallest absolute Gasteiger partial charge is 0.339 e. The van der Waals surface area contributed by atoms with Crippen LogP contribution in [0.1, 0.15) is 21.5 Å². The maximum atomic E-state index is 13.1. The number of hydrogen-bond acceptors (Lipinski definition) is 5. The van der Waals surface area contributed by atoms with Crippen molar-refractivity contribution >= 4 is 21.7 Å². The number of benzene rings is 2. The van der Waals surface area contributed by atoms with Gasteiger partial charge in [0.15, 0.2) is 11.5 Å². The molecular weight excluding hydrogens is 358 g/mol. The summed E-state index contributed by atoms with van der Waals surface area (Å²) in [6.45, 7) is 3.71. The molecule has 140 valence electrons. The van der Waals surface area contributed by atoms with Gasteiger partial charge in [-0.05, 0) is 37.1 Å². The lowest BCUT2D eigenvalue weighted by Gasteiger charge is -2.23. The summed E-state index contributed by atoms with van der Waals surface area (Å²) in [5.74, 6) is -1.32. The second kappa shape index (κ2) is 7.25. The Bertz CT molecular complexity index is 952. The van der Waals surface area contributed by atoms with Crippen LogP contribution in [-0.2, 0) is 10.0 Å². The minimum absolute atomic E-state index is 0.0281. The van der Waals surface area contributed by atoms with Crippen molar-refractivity contribution in [2.75, 3.05) is 25.6 Å². The van der Waals surface area contributed by atoms with Gasteiger partial charge in [-0.25, -0.2) is 13.2 Å². The molecule has 0 aliphatic heterocycles. The van der Waals surface area contributed by atoms with Crippen molar-refractivity contribution in [3.8, 4) is 11.5 Å². The van der Waals surface area contributed by atoms with E-state index in [-0.39, 0.29) is 22.0 Å². The van der Waals surface area contributed by atoms with Crippen LogP contribution in [0.2, 0.25) is 0 Å². The molecule has 7 nitrogen and oxygen atoms in total. The molecule has 0 aliphatic carbocycles. The van der Waals surface area contributed by atoms with Crippen molar-refractivity contribution in [3.63, 3.8) is 0 Å². The fourth-order valence-corrected chi connectivity index (χ4v) is 3.91. The Morgan fingerprint density at radius 3 is 2.31 bits per heavy atom. The van der Waals surface area contributed by atoms with Gasteiger partial charge in [-0.15, -0.1) is 0 Å². The third-order valence-electron chi connectivity index (χ3n) is 4.26. The number of anilines is 1. The molecule has 0 saturated carbocycles. The Kier molecular flexibility index (Phi) is 5.46. The molecule has 0 bridgehead atoms. The molecule has 0 atom stereocenters. The zero-order valence-corrected chi connectivity index (χ0v) is 16.0. The van der Waals surface area contributed by atoms with Gasteiger partial charge in [-0.1, -0.05) is 12.1 Å².